The highest BCUT2D eigenvalue weighted by Crippen LogP contribution is 2.15. The SMILES string of the molecule is CSCCNC(C)c1ccccc1F. The number of hydrogen-bond donors (Lipinski definition) is 1. The van der Waals surface area contributed by atoms with Crippen molar-refractivity contribution < 1.29 is 4.39 Å². The molecule has 0 aliphatic rings. The van der Waals surface area contributed by atoms with Gasteiger partial charge in [-0.05, 0) is 19.2 Å². The van der Waals surface area contributed by atoms with Crippen LogP contribution < -0.4 is 5.32 Å². The van der Waals surface area contributed by atoms with Gasteiger partial charge in [0.1, 0.15) is 5.82 Å². The molecule has 0 spiro atoms. The lowest BCUT2D eigenvalue weighted by atomic mass is 10.1. The van der Waals surface area contributed by atoms with Gasteiger partial charge in [0.25, 0.3) is 0 Å². The molecule has 1 N–H and O–H groups in total. The molecule has 1 atom stereocenters. The van der Waals surface area contributed by atoms with Gasteiger partial charge in [-0.15, -0.1) is 0 Å². The molecular formula is C11H16FNS. The Bertz CT molecular complexity index is 278. The molecule has 0 amide bonds. The molecule has 0 fully saturated rings. The number of rotatable bonds is 5. The van der Waals surface area contributed by atoms with Crippen LogP contribution in [0.1, 0.15) is 18.5 Å². The van der Waals surface area contributed by atoms with Gasteiger partial charge in [0.05, 0.1) is 0 Å². The molecular weight excluding hydrogens is 197 g/mol. The van der Waals surface area contributed by atoms with Crippen LogP contribution in [0.3, 0.4) is 0 Å². The van der Waals surface area contributed by atoms with Gasteiger partial charge >= 0.3 is 0 Å². The Kier molecular flexibility index (Phi) is 4.98. The van der Waals surface area contributed by atoms with E-state index >= 15 is 0 Å². The molecule has 0 saturated carbocycles. The van der Waals surface area contributed by atoms with Crippen LogP contribution in [-0.4, -0.2) is 18.6 Å². The third kappa shape index (κ3) is 3.31. The molecule has 1 nitrogen and oxygen atoms in total. The van der Waals surface area contributed by atoms with E-state index in [0.717, 1.165) is 17.9 Å². The Labute approximate surface area is 89.1 Å². The van der Waals surface area contributed by atoms with E-state index in [1.165, 1.54) is 6.07 Å². The first-order valence-corrected chi connectivity index (χ1v) is 6.12. The second kappa shape index (κ2) is 6.04. The van der Waals surface area contributed by atoms with Crippen LogP contribution in [0.2, 0.25) is 0 Å². The zero-order valence-electron chi connectivity index (χ0n) is 8.59. The van der Waals surface area contributed by atoms with Crippen molar-refractivity contribution in [3.05, 3.63) is 35.6 Å². The fourth-order valence-electron chi connectivity index (χ4n) is 1.31. The van der Waals surface area contributed by atoms with Crippen LogP contribution >= 0.6 is 11.8 Å². The average Bonchev–Trinajstić information content (AvgIpc) is 2.18. The topological polar surface area (TPSA) is 12.0 Å². The minimum Gasteiger partial charge on any atom is -0.309 e. The zero-order chi connectivity index (χ0) is 10.4. The molecule has 78 valence electrons. The van der Waals surface area contributed by atoms with Gasteiger partial charge < -0.3 is 5.32 Å². The molecule has 1 unspecified atom stereocenters. The van der Waals surface area contributed by atoms with Crippen molar-refractivity contribution in [2.75, 3.05) is 18.6 Å². The lowest BCUT2D eigenvalue weighted by Gasteiger charge is -2.14. The molecule has 0 aromatic heterocycles. The summed E-state index contributed by atoms with van der Waals surface area (Å²) in [6.07, 6.45) is 2.06. The predicted octanol–water partition coefficient (Wildman–Crippen LogP) is 2.84. The van der Waals surface area contributed by atoms with Crippen molar-refractivity contribution in [2.45, 2.75) is 13.0 Å². The Morgan fingerprint density at radius 1 is 1.43 bits per heavy atom. The Morgan fingerprint density at radius 2 is 2.14 bits per heavy atom. The monoisotopic (exact) mass is 213 g/mol. The van der Waals surface area contributed by atoms with Gasteiger partial charge in [-0.1, -0.05) is 18.2 Å². The van der Waals surface area contributed by atoms with Crippen molar-refractivity contribution in [1.82, 2.24) is 5.32 Å². The fraction of sp³-hybridized carbons (Fsp3) is 0.455. The van der Waals surface area contributed by atoms with Gasteiger partial charge in [-0.25, -0.2) is 4.39 Å². The van der Waals surface area contributed by atoms with Crippen LogP contribution in [0.25, 0.3) is 0 Å². The third-order valence-corrected chi connectivity index (χ3v) is 2.74. The molecule has 1 aromatic carbocycles. The molecule has 0 heterocycles. The van der Waals surface area contributed by atoms with E-state index in [4.69, 9.17) is 0 Å². The van der Waals surface area contributed by atoms with E-state index in [-0.39, 0.29) is 11.9 Å². The van der Waals surface area contributed by atoms with Gasteiger partial charge in [0.2, 0.25) is 0 Å². The minimum atomic E-state index is -0.128. The molecule has 0 saturated heterocycles. The summed E-state index contributed by atoms with van der Waals surface area (Å²) in [7, 11) is 0. The van der Waals surface area contributed by atoms with E-state index < -0.39 is 0 Å². The number of nitrogens with one attached hydrogen (secondary N) is 1. The smallest absolute Gasteiger partial charge is 0.127 e. The van der Waals surface area contributed by atoms with E-state index in [2.05, 4.69) is 11.6 Å². The lowest BCUT2D eigenvalue weighted by Crippen LogP contribution is -2.22. The molecule has 1 rings (SSSR count). The van der Waals surface area contributed by atoms with Crippen molar-refractivity contribution >= 4 is 11.8 Å². The predicted molar refractivity (Wildman–Crippen MR) is 61.2 cm³/mol. The highest BCUT2D eigenvalue weighted by molar-refractivity contribution is 7.98. The molecule has 14 heavy (non-hydrogen) atoms. The molecule has 0 aliphatic heterocycles. The van der Waals surface area contributed by atoms with Gasteiger partial charge in [-0.3, -0.25) is 0 Å². The van der Waals surface area contributed by atoms with E-state index in [9.17, 15) is 4.39 Å². The Hall–Kier alpha value is -0.540. The average molecular weight is 213 g/mol. The second-order valence-electron chi connectivity index (χ2n) is 3.19. The first-order valence-electron chi connectivity index (χ1n) is 4.72. The Morgan fingerprint density at radius 3 is 2.79 bits per heavy atom. The highest BCUT2D eigenvalue weighted by atomic mass is 32.2. The standard InChI is InChI=1S/C11H16FNS/c1-9(13-7-8-14-2)10-5-3-4-6-11(10)12/h3-6,9,13H,7-8H2,1-2H3. The van der Waals surface area contributed by atoms with Crippen molar-refractivity contribution in [2.24, 2.45) is 0 Å². The summed E-state index contributed by atoms with van der Waals surface area (Å²) in [5.41, 5.74) is 0.744. The lowest BCUT2D eigenvalue weighted by molar-refractivity contribution is 0.542. The summed E-state index contributed by atoms with van der Waals surface area (Å²) in [5, 5.41) is 3.28. The van der Waals surface area contributed by atoms with Gasteiger partial charge in [0, 0.05) is 23.9 Å². The number of hydrogen-bond acceptors (Lipinski definition) is 2. The number of benzene rings is 1. The van der Waals surface area contributed by atoms with Crippen LogP contribution in [0.15, 0.2) is 24.3 Å². The third-order valence-electron chi connectivity index (χ3n) is 2.13. The summed E-state index contributed by atoms with van der Waals surface area (Å²) in [6.45, 7) is 2.90. The molecule has 1 aromatic rings. The fourth-order valence-corrected chi connectivity index (χ4v) is 1.64. The largest absolute Gasteiger partial charge is 0.309 e. The maximum atomic E-state index is 13.3. The summed E-state index contributed by atoms with van der Waals surface area (Å²) < 4.78 is 13.3. The number of halogens is 1. The highest BCUT2D eigenvalue weighted by Gasteiger charge is 2.08. The van der Waals surface area contributed by atoms with E-state index in [1.807, 2.05) is 19.1 Å². The molecule has 0 radical (unpaired) electrons. The maximum absolute atomic E-state index is 13.3. The van der Waals surface area contributed by atoms with Crippen molar-refractivity contribution in [3.63, 3.8) is 0 Å². The summed E-state index contributed by atoms with van der Waals surface area (Å²) in [5.74, 6) is 0.926. The minimum absolute atomic E-state index is 0.0864. The van der Waals surface area contributed by atoms with E-state index in [0.29, 0.717) is 0 Å². The summed E-state index contributed by atoms with van der Waals surface area (Å²) in [4.78, 5) is 0. The summed E-state index contributed by atoms with van der Waals surface area (Å²) in [6, 6.07) is 7.00. The van der Waals surface area contributed by atoms with Gasteiger partial charge in [-0.2, -0.15) is 11.8 Å². The Balaban J connectivity index is 2.51. The molecule has 3 heteroatoms. The first kappa shape index (κ1) is 11.5. The summed E-state index contributed by atoms with van der Waals surface area (Å²) >= 11 is 1.79. The maximum Gasteiger partial charge on any atom is 0.127 e. The molecule has 0 aliphatic carbocycles. The number of thioether (sulfide) groups is 1. The van der Waals surface area contributed by atoms with E-state index in [1.54, 1.807) is 17.8 Å². The quantitative estimate of drug-likeness (QED) is 0.755. The van der Waals surface area contributed by atoms with Crippen LogP contribution in [0.5, 0.6) is 0 Å². The first-order chi connectivity index (χ1) is 6.75. The zero-order valence-corrected chi connectivity index (χ0v) is 9.40. The molecule has 0 bridgehead atoms. The second-order valence-corrected chi connectivity index (χ2v) is 4.18. The van der Waals surface area contributed by atoms with Crippen LogP contribution in [0, 0.1) is 5.82 Å². The van der Waals surface area contributed by atoms with Crippen LogP contribution in [-0.2, 0) is 0 Å². The van der Waals surface area contributed by atoms with Crippen LogP contribution in [0.4, 0.5) is 4.39 Å². The van der Waals surface area contributed by atoms with Crippen molar-refractivity contribution in [3.8, 4) is 0 Å². The normalized spacial score (nSPS) is 12.8. The van der Waals surface area contributed by atoms with Gasteiger partial charge in [0.15, 0.2) is 0 Å². The van der Waals surface area contributed by atoms with Crippen molar-refractivity contribution in [1.29, 1.82) is 0 Å².